The summed E-state index contributed by atoms with van der Waals surface area (Å²) in [6, 6.07) is 20.6. The second kappa shape index (κ2) is 37.6. The summed E-state index contributed by atoms with van der Waals surface area (Å²) in [4.78, 5) is 41.0. The molecule has 8 aromatic rings. The quantitative estimate of drug-likeness (QED) is 0.102. The zero-order valence-corrected chi connectivity index (χ0v) is 58.3. The van der Waals surface area contributed by atoms with Crippen molar-refractivity contribution in [2.24, 2.45) is 5.73 Å². The van der Waals surface area contributed by atoms with Crippen molar-refractivity contribution in [2.75, 3.05) is 52.9 Å². The SMILES string of the molecule is C.C.C.C.C.C.CC1=Cc2c(Cl)ncnc2C1.CC1=Cc2c(ncnc2NC2CCC(N(C)C)CC2)C1.CN(C)C1CCC(N)CC1.Cc1ccc(S(=O)(=O)n2c(C)cc3c(Cl)ncnc32)cc1.Cc1ccc(S(=O)(=O)n2c(C)cc3c(NC4CCC(N(C)C)CC4)ncnc32)cc1. The number of nitrogens with two attached hydrogens (primary N) is 1. The first-order valence-electron chi connectivity index (χ1n) is 31.7. The van der Waals surface area contributed by atoms with Crippen molar-refractivity contribution in [3.63, 3.8) is 0 Å². The van der Waals surface area contributed by atoms with Crippen LogP contribution < -0.4 is 16.4 Å². The fourth-order valence-electron chi connectivity index (χ4n) is 12.7. The van der Waals surface area contributed by atoms with Gasteiger partial charge in [-0.25, -0.2) is 64.7 Å². The molecule has 20 nitrogen and oxygen atoms in total. The molecule has 0 saturated heterocycles. The number of benzene rings is 2. The third-order valence-corrected chi connectivity index (χ3v) is 22.3. The second-order valence-electron chi connectivity index (χ2n) is 25.8. The van der Waals surface area contributed by atoms with Crippen molar-refractivity contribution in [3.8, 4) is 0 Å². The molecule has 0 amide bonds. The predicted octanol–water partition coefficient (Wildman–Crippen LogP) is 16.0. The topological polar surface area (TPSA) is 241 Å². The Labute approximate surface area is 598 Å². The number of nitrogens with one attached hydrogen (secondary N) is 2. The number of hydrogen-bond acceptors (Lipinski definition) is 18. The van der Waals surface area contributed by atoms with Gasteiger partial charge < -0.3 is 31.1 Å². The molecule has 0 radical (unpaired) electrons. The Morgan fingerprint density at radius 2 is 0.786 bits per heavy atom. The van der Waals surface area contributed by atoms with Crippen LogP contribution in [-0.4, -0.2) is 158 Å². The molecule has 13 rings (SSSR count). The van der Waals surface area contributed by atoms with Crippen LogP contribution in [0.4, 0.5) is 11.6 Å². The van der Waals surface area contributed by atoms with Crippen molar-refractivity contribution in [2.45, 2.75) is 222 Å². The van der Waals surface area contributed by atoms with Gasteiger partial charge in [-0.3, -0.25) is 0 Å². The summed E-state index contributed by atoms with van der Waals surface area (Å²) in [5.74, 6) is 1.73. The summed E-state index contributed by atoms with van der Waals surface area (Å²) in [6.07, 6.45) is 26.4. The molecule has 5 aliphatic carbocycles. The molecule has 0 atom stereocenters. The van der Waals surface area contributed by atoms with E-state index in [-0.39, 0.29) is 65.2 Å². The summed E-state index contributed by atoms with van der Waals surface area (Å²) >= 11 is 11.8. The Hall–Kier alpha value is -6.76. The second-order valence-corrected chi connectivity index (χ2v) is 30.1. The molecular weight excluding hydrogens is 1310 g/mol. The average molecular weight is 1430 g/mol. The lowest BCUT2D eigenvalue weighted by atomic mass is 9.90. The van der Waals surface area contributed by atoms with Crippen LogP contribution in [0.5, 0.6) is 0 Å². The van der Waals surface area contributed by atoms with Gasteiger partial charge in [0.15, 0.2) is 11.3 Å². The Morgan fingerprint density at radius 3 is 1.22 bits per heavy atom. The maximum Gasteiger partial charge on any atom is 0.269 e. The van der Waals surface area contributed by atoms with Crippen molar-refractivity contribution in [3.05, 3.63) is 152 Å². The molecule has 5 aliphatic rings. The lowest BCUT2D eigenvalue weighted by Crippen LogP contribution is -2.36. The maximum atomic E-state index is 13.3. The third kappa shape index (κ3) is 20.7. The number of fused-ring (bicyclic) bond motifs is 4. The molecule has 0 bridgehead atoms. The monoisotopic (exact) mass is 1420 g/mol. The third-order valence-electron chi connectivity index (χ3n) is 18.1. The Balaban J connectivity index is 0.000000329. The Bertz CT molecular complexity index is 4130. The summed E-state index contributed by atoms with van der Waals surface area (Å²) in [5.41, 5.74) is 16.7. The fourth-order valence-corrected chi connectivity index (χ4v) is 16.1. The number of rotatable bonds is 11. The highest BCUT2D eigenvalue weighted by Crippen LogP contribution is 2.34. The van der Waals surface area contributed by atoms with E-state index in [2.05, 4.69) is 127 Å². The number of allylic oxidation sites excluding steroid dienone is 2. The number of aromatic nitrogens is 10. The van der Waals surface area contributed by atoms with E-state index in [4.69, 9.17) is 28.9 Å². The van der Waals surface area contributed by atoms with Crippen LogP contribution in [0.2, 0.25) is 10.3 Å². The smallest absolute Gasteiger partial charge is 0.269 e. The van der Waals surface area contributed by atoms with Crippen LogP contribution in [-0.2, 0) is 32.9 Å². The Kier molecular flexibility index (Phi) is 32.8. The highest BCUT2D eigenvalue weighted by atomic mass is 35.5. The minimum absolute atomic E-state index is 0. The van der Waals surface area contributed by atoms with Gasteiger partial charge in [-0.15, -0.1) is 0 Å². The molecule has 6 aromatic heterocycles. The van der Waals surface area contributed by atoms with E-state index >= 15 is 0 Å². The molecule has 4 N–H and O–H groups in total. The van der Waals surface area contributed by atoms with Gasteiger partial charge in [-0.05, 0) is 197 Å². The normalized spacial score (nSPS) is 19.1. The molecule has 0 spiro atoms. The van der Waals surface area contributed by atoms with Gasteiger partial charge >= 0.3 is 0 Å². The summed E-state index contributed by atoms with van der Waals surface area (Å²) in [7, 11) is 5.48. The van der Waals surface area contributed by atoms with E-state index in [0.29, 0.717) is 57.6 Å². The van der Waals surface area contributed by atoms with Gasteiger partial charge in [0, 0.05) is 71.6 Å². The summed E-state index contributed by atoms with van der Waals surface area (Å²) in [5, 5.41) is 9.25. The lowest BCUT2D eigenvalue weighted by molar-refractivity contribution is 0.217. The molecule has 3 fully saturated rings. The van der Waals surface area contributed by atoms with Gasteiger partial charge in [0.2, 0.25) is 0 Å². The molecule has 0 unspecified atom stereocenters. The first-order chi connectivity index (χ1) is 43.8. The molecule has 6 heterocycles. The highest BCUT2D eigenvalue weighted by molar-refractivity contribution is 7.90. The van der Waals surface area contributed by atoms with Crippen molar-refractivity contribution in [1.29, 1.82) is 0 Å². The van der Waals surface area contributed by atoms with E-state index in [1.165, 1.54) is 101 Å². The number of hydrogen-bond donors (Lipinski definition) is 3. The van der Waals surface area contributed by atoms with E-state index in [1.54, 1.807) is 74.8 Å². The summed E-state index contributed by atoms with van der Waals surface area (Å²) in [6.45, 7) is 11.6. The van der Waals surface area contributed by atoms with Crippen molar-refractivity contribution in [1.82, 2.24) is 62.5 Å². The molecular formula is C74H114Cl2N16O4S2. The highest BCUT2D eigenvalue weighted by Gasteiger charge is 2.29. The largest absolute Gasteiger partial charge is 0.367 e. The van der Waals surface area contributed by atoms with E-state index < -0.39 is 20.0 Å². The van der Waals surface area contributed by atoms with Crippen LogP contribution in [0.1, 0.15) is 180 Å². The average Bonchev–Trinajstić information content (AvgIpc) is 1.59. The molecule has 540 valence electrons. The number of halogens is 2. The zero-order chi connectivity index (χ0) is 66.2. The van der Waals surface area contributed by atoms with Gasteiger partial charge in [-0.1, -0.05) is 126 Å². The molecule has 3 saturated carbocycles. The van der Waals surface area contributed by atoms with Gasteiger partial charge in [0.25, 0.3) is 20.0 Å². The van der Waals surface area contributed by atoms with Gasteiger partial charge in [-0.2, -0.15) is 0 Å². The van der Waals surface area contributed by atoms with Crippen LogP contribution in [0.25, 0.3) is 34.2 Å². The van der Waals surface area contributed by atoms with Crippen LogP contribution >= 0.6 is 23.2 Å². The van der Waals surface area contributed by atoms with E-state index in [0.717, 1.165) is 84.2 Å². The first-order valence-corrected chi connectivity index (χ1v) is 35.3. The number of aryl methyl sites for hydroxylation is 4. The van der Waals surface area contributed by atoms with Gasteiger partial charge in [0.05, 0.1) is 32.0 Å². The predicted molar refractivity (Wildman–Crippen MR) is 412 cm³/mol. The lowest BCUT2D eigenvalue weighted by Gasteiger charge is -2.33. The van der Waals surface area contributed by atoms with Crippen molar-refractivity contribution >= 4 is 89.1 Å². The minimum Gasteiger partial charge on any atom is -0.367 e. The maximum absolute atomic E-state index is 13.3. The fraction of sp³-hybridized carbons (Fsp3) is 0.514. The number of anilines is 2. The molecule has 2 aromatic carbocycles. The van der Waals surface area contributed by atoms with E-state index in [1.807, 2.05) is 26.0 Å². The molecule has 0 aliphatic heterocycles. The van der Waals surface area contributed by atoms with E-state index in [9.17, 15) is 16.8 Å². The minimum atomic E-state index is -3.74. The molecule has 24 heteroatoms. The Morgan fingerprint density at radius 1 is 0.439 bits per heavy atom. The van der Waals surface area contributed by atoms with Crippen molar-refractivity contribution < 1.29 is 16.8 Å². The first kappa shape index (κ1) is 85.5. The summed E-state index contributed by atoms with van der Waals surface area (Å²) < 4.78 is 54.8. The standard InChI is InChI=1S/C22H29N5O2S.C16H24N4.C14H12ClN3O2S.C8H7ClN2.C8H18N2.6CH4/c1-15-5-11-19(12-6-15)30(28,29)27-16(2)13-20-21(23-14-24-22(20)27)25-17-7-9-18(10-8-17)26(3)4;1-11-8-14-15(9-11)17-10-18-16(14)19-12-4-6-13(7-5-12)20(2)3;1-9-3-5-11(6-4-9)21(19,20)18-10(2)7-12-13(15)16-8-17-14(12)18;1-5-2-6-7(3-5)10-4-11-8(6)9;1-10(2)8-5-3-7(9)4-6-8;;;;;;/h5-6,11-14,17-18H,7-10H2,1-4H3,(H,23,24,25);8,10,12-13H,4-7,9H2,1-3H3,(H,17,18,19);3-8H,1-2H3;2,4H,3H2,1H3;7-8H,3-6,9H2,1-2H3;6*1H4. The van der Waals surface area contributed by atoms with Crippen LogP contribution in [0.3, 0.4) is 0 Å². The molecule has 98 heavy (non-hydrogen) atoms. The zero-order valence-electron chi connectivity index (χ0n) is 55.2. The van der Waals surface area contributed by atoms with Crippen LogP contribution in [0.15, 0.2) is 107 Å². The number of nitrogens with zero attached hydrogens (tertiary/aromatic N) is 13. The van der Waals surface area contributed by atoms with Gasteiger partial charge in [0.1, 0.15) is 47.3 Å². The van der Waals surface area contributed by atoms with Crippen LogP contribution in [0, 0.1) is 27.7 Å².